The molecule has 0 saturated carbocycles. The molecular formula is C32H32N2O9S. The Labute approximate surface area is 260 Å². The number of ether oxygens (including phenoxy) is 6. The minimum absolute atomic E-state index is 0.00747. The fraction of sp³-hybridized carbons (Fsp3) is 0.312. The number of phenols is 2. The fourth-order valence-electron chi connectivity index (χ4n) is 4.99. The van der Waals surface area contributed by atoms with Crippen molar-refractivity contribution in [2.75, 3.05) is 64.7 Å². The average Bonchev–Trinajstić information content (AvgIpc) is 3.28. The third kappa shape index (κ3) is 6.88. The highest BCUT2D eigenvalue weighted by Gasteiger charge is 2.53. The van der Waals surface area contributed by atoms with E-state index in [2.05, 4.69) is 16.6 Å². The van der Waals surface area contributed by atoms with Crippen molar-refractivity contribution in [3.8, 4) is 35.3 Å². The smallest absolute Gasteiger partial charge is 0.340 e. The molecule has 0 unspecified atom stereocenters. The molecule has 2 aliphatic heterocycles. The molecule has 44 heavy (non-hydrogen) atoms. The zero-order chi connectivity index (χ0) is 30.9. The Hall–Kier alpha value is -4.38. The van der Waals surface area contributed by atoms with Gasteiger partial charge in [-0.1, -0.05) is 12.0 Å². The number of thiocarbonyl (C=S) groups is 1. The fourth-order valence-corrected chi connectivity index (χ4v) is 5.21. The van der Waals surface area contributed by atoms with Gasteiger partial charge >= 0.3 is 5.97 Å². The Kier molecular flexibility index (Phi) is 10.2. The number of hydrogen-bond acceptors (Lipinski definition) is 10. The molecule has 1 spiro atoms. The van der Waals surface area contributed by atoms with Crippen LogP contribution in [0.5, 0.6) is 23.0 Å². The highest BCUT2D eigenvalue weighted by atomic mass is 32.1. The largest absolute Gasteiger partial charge is 0.508 e. The van der Waals surface area contributed by atoms with E-state index in [0.29, 0.717) is 97.3 Å². The SMILES string of the molecule is C#CCOCCOCCOCCOCCNC(=S)Nc1ccc2c(c1)C(=O)OC21c2ccc(O)cc2Oc2cc(O)ccc21. The number of esters is 1. The summed E-state index contributed by atoms with van der Waals surface area (Å²) in [6.45, 7) is 3.88. The summed E-state index contributed by atoms with van der Waals surface area (Å²) in [5, 5.41) is 26.7. The van der Waals surface area contributed by atoms with Gasteiger partial charge in [-0.3, -0.25) is 0 Å². The number of aromatic hydroxyl groups is 2. The van der Waals surface area contributed by atoms with Crippen LogP contribution in [0.2, 0.25) is 0 Å². The Morgan fingerprint density at radius 2 is 1.39 bits per heavy atom. The predicted octanol–water partition coefficient (Wildman–Crippen LogP) is 3.65. The van der Waals surface area contributed by atoms with Crippen LogP contribution >= 0.6 is 12.2 Å². The highest BCUT2D eigenvalue weighted by Crippen LogP contribution is 2.57. The molecule has 12 heteroatoms. The Bertz CT molecular complexity index is 1500. The molecule has 0 atom stereocenters. The van der Waals surface area contributed by atoms with Gasteiger partial charge in [0.25, 0.3) is 0 Å². The molecule has 0 bridgehead atoms. The summed E-state index contributed by atoms with van der Waals surface area (Å²) in [7, 11) is 0. The van der Waals surface area contributed by atoms with Crippen LogP contribution in [-0.4, -0.2) is 80.7 Å². The minimum Gasteiger partial charge on any atom is -0.508 e. The van der Waals surface area contributed by atoms with Gasteiger partial charge in [0.2, 0.25) is 0 Å². The first-order valence-corrected chi connectivity index (χ1v) is 14.3. The maximum atomic E-state index is 13.3. The molecule has 0 aliphatic carbocycles. The topological polar surface area (TPSA) is 137 Å². The van der Waals surface area contributed by atoms with Gasteiger partial charge in [-0.25, -0.2) is 4.79 Å². The molecule has 11 nitrogen and oxygen atoms in total. The minimum atomic E-state index is -1.32. The molecule has 2 heterocycles. The van der Waals surface area contributed by atoms with Crippen molar-refractivity contribution < 1.29 is 43.4 Å². The van der Waals surface area contributed by atoms with E-state index in [1.54, 1.807) is 30.3 Å². The molecule has 3 aromatic carbocycles. The van der Waals surface area contributed by atoms with Crippen molar-refractivity contribution >= 4 is 29.0 Å². The van der Waals surface area contributed by atoms with Crippen molar-refractivity contribution in [2.24, 2.45) is 0 Å². The zero-order valence-corrected chi connectivity index (χ0v) is 24.6. The van der Waals surface area contributed by atoms with Crippen LogP contribution in [0.3, 0.4) is 0 Å². The van der Waals surface area contributed by atoms with Gasteiger partial charge in [-0.05, 0) is 48.6 Å². The molecule has 4 N–H and O–H groups in total. The van der Waals surface area contributed by atoms with Crippen LogP contribution < -0.4 is 15.4 Å². The number of terminal acetylenes is 1. The van der Waals surface area contributed by atoms with E-state index >= 15 is 0 Å². The van der Waals surface area contributed by atoms with Crippen molar-refractivity contribution in [3.63, 3.8) is 0 Å². The first kappa shape index (κ1) is 31.1. The normalized spacial score (nSPS) is 13.7. The van der Waals surface area contributed by atoms with Crippen LogP contribution in [0.15, 0.2) is 54.6 Å². The number of fused-ring (bicyclic) bond motifs is 6. The number of benzene rings is 3. The number of phenolic OH excluding ortho intramolecular Hbond substituents is 2. The third-order valence-corrected chi connectivity index (χ3v) is 7.11. The second kappa shape index (κ2) is 14.4. The number of anilines is 1. The van der Waals surface area contributed by atoms with E-state index in [9.17, 15) is 15.0 Å². The quantitative estimate of drug-likeness (QED) is 0.0906. The third-order valence-electron chi connectivity index (χ3n) is 6.86. The lowest BCUT2D eigenvalue weighted by Crippen LogP contribution is -2.33. The highest BCUT2D eigenvalue weighted by molar-refractivity contribution is 7.80. The molecule has 3 aromatic rings. The second-order valence-electron chi connectivity index (χ2n) is 9.77. The summed E-state index contributed by atoms with van der Waals surface area (Å²) >= 11 is 5.42. The van der Waals surface area contributed by atoms with Crippen LogP contribution in [0.1, 0.15) is 27.0 Å². The first-order chi connectivity index (χ1) is 21.4. The van der Waals surface area contributed by atoms with E-state index in [-0.39, 0.29) is 18.1 Å². The number of hydrogen-bond donors (Lipinski definition) is 4. The summed E-state index contributed by atoms with van der Waals surface area (Å²) in [6.07, 6.45) is 5.10. The number of nitrogens with one attached hydrogen (secondary N) is 2. The number of rotatable bonds is 14. The molecule has 5 rings (SSSR count). The molecule has 0 aromatic heterocycles. The zero-order valence-electron chi connectivity index (χ0n) is 23.8. The summed E-state index contributed by atoms with van der Waals surface area (Å²) in [5.74, 6) is 2.48. The molecular weight excluding hydrogens is 588 g/mol. The lowest BCUT2D eigenvalue weighted by atomic mass is 9.77. The Morgan fingerprint density at radius 1 is 0.818 bits per heavy atom. The molecule has 0 fully saturated rings. The van der Waals surface area contributed by atoms with Gasteiger partial charge in [0, 0.05) is 41.1 Å². The van der Waals surface area contributed by atoms with Gasteiger partial charge in [0.15, 0.2) is 10.7 Å². The molecule has 2 aliphatic rings. The van der Waals surface area contributed by atoms with E-state index in [1.807, 2.05) is 0 Å². The molecule has 0 saturated heterocycles. The Balaban J connectivity index is 1.12. The van der Waals surface area contributed by atoms with Crippen LogP contribution in [0, 0.1) is 12.3 Å². The van der Waals surface area contributed by atoms with Gasteiger partial charge in [0.1, 0.15) is 29.6 Å². The summed E-state index contributed by atoms with van der Waals surface area (Å²) in [6, 6.07) is 14.5. The van der Waals surface area contributed by atoms with Crippen LogP contribution in [0.25, 0.3) is 0 Å². The molecule has 230 valence electrons. The van der Waals surface area contributed by atoms with Crippen LogP contribution in [-0.2, 0) is 29.3 Å². The standard InChI is InChI=1S/C32H32N2O9S/c1-2-10-38-12-14-40-16-17-41-15-13-39-11-9-33-31(44)34-21-3-6-25-24(18-21)30(37)43-32(25)26-7-4-22(35)19-28(26)42-29-20-23(36)5-8-27(29)32/h1,3-8,18-20,35-36H,9-17H2,(H2,33,34,44). The van der Waals surface area contributed by atoms with E-state index in [4.69, 9.17) is 47.1 Å². The number of carbonyl (C=O) groups excluding carboxylic acids is 1. The maximum Gasteiger partial charge on any atom is 0.340 e. The van der Waals surface area contributed by atoms with E-state index in [1.165, 1.54) is 24.3 Å². The Morgan fingerprint density at radius 3 is 2.00 bits per heavy atom. The lowest BCUT2D eigenvalue weighted by molar-refractivity contribution is 0.00198. The second-order valence-corrected chi connectivity index (χ2v) is 10.2. The van der Waals surface area contributed by atoms with Gasteiger partial charge in [0.05, 0.1) is 51.8 Å². The predicted molar refractivity (Wildman–Crippen MR) is 164 cm³/mol. The van der Waals surface area contributed by atoms with Gasteiger partial charge in [-0.15, -0.1) is 6.42 Å². The van der Waals surface area contributed by atoms with Crippen molar-refractivity contribution in [1.29, 1.82) is 0 Å². The lowest BCUT2D eigenvalue weighted by Gasteiger charge is -2.36. The van der Waals surface area contributed by atoms with E-state index < -0.39 is 11.6 Å². The van der Waals surface area contributed by atoms with Gasteiger partial charge in [-0.2, -0.15) is 0 Å². The maximum absolute atomic E-state index is 13.3. The van der Waals surface area contributed by atoms with Gasteiger partial charge < -0.3 is 49.3 Å². The monoisotopic (exact) mass is 620 g/mol. The van der Waals surface area contributed by atoms with Crippen molar-refractivity contribution in [2.45, 2.75) is 5.60 Å². The van der Waals surface area contributed by atoms with Crippen molar-refractivity contribution in [3.05, 3.63) is 76.9 Å². The summed E-state index contributed by atoms with van der Waals surface area (Å²) in [5.41, 5.74) is 1.34. The summed E-state index contributed by atoms with van der Waals surface area (Å²) in [4.78, 5) is 13.3. The van der Waals surface area contributed by atoms with E-state index in [0.717, 1.165) is 0 Å². The molecule has 0 amide bonds. The van der Waals surface area contributed by atoms with Crippen molar-refractivity contribution in [1.82, 2.24) is 5.32 Å². The van der Waals surface area contributed by atoms with Crippen LogP contribution in [0.4, 0.5) is 5.69 Å². The average molecular weight is 621 g/mol. The first-order valence-electron chi connectivity index (χ1n) is 13.9. The summed E-state index contributed by atoms with van der Waals surface area (Å²) < 4.78 is 33.6. The molecule has 0 radical (unpaired) electrons. The number of carbonyl (C=O) groups is 1.